The van der Waals surface area contributed by atoms with Crippen molar-refractivity contribution in [3.63, 3.8) is 0 Å². The topological polar surface area (TPSA) is 44.0 Å². The number of hydrogen-bond acceptors (Lipinski definition) is 4. The summed E-state index contributed by atoms with van der Waals surface area (Å²) in [5.41, 5.74) is 2.58. The molecular formula is C27H21NO3. The van der Waals surface area contributed by atoms with Gasteiger partial charge in [0.05, 0.1) is 25.3 Å². The van der Waals surface area contributed by atoms with E-state index in [2.05, 4.69) is 18.2 Å². The Morgan fingerprint density at radius 1 is 0.677 bits per heavy atom. The summed E-state index contributed by atoms with van der Waals surface area (Å²) < 4.78 is 17.1. The maximum atomic E-state index is 6.23. The van der Waals surface area contributed by atoms with E-state index in [0.29, 0.717) is 17.3 Å². The van der Waals surface area contributed by atoms with Crippen molar-refractivity contribution in [3.05, 3.63) is 96.4 Å². The van der Waals surface area contributed by atoms with Gasteiger partial charge in [0.1, 0.15) is 11.3 Å². The zero-order valence-corrected chi connectivity index (χ0v) is 17.3. The Labute approximate surface area is 180 Å². The molecular weight excluding hydrogens is 386 g/mol. The van der Waals surface area contributed by atoms with Crippen LogP contribution in [0.4, 0.5) is 5.69 Å². The van der Waals surface area contributed by atoms with Crippen molar-refractivity contribution >= 4 is 27.4 Å². The SMILES string of the molecule is COc1ccc(-c2cc(=Nc3cccc4ccccc34)c3ccccc3o2)cc1OC. The van der Waals surface area contributed by atoms with Gasteiger partial charge in [0, 0.05) is 22.4 Å². The molecule has 0 unspecified atom stereocenters. The molecule has 0 radical (unpaired) electrons. The number of fused-ring (bicyclic) bond motifs is 2. The normalized spacial score (nSPS) is 11.7. The molecule has 4 nitrogen and oxygen atoms in total. The summed E-state index contributed by atoms with van der Waals surface area (Å²) in [6, 6.07) is 30.1. The van der Waals surface area contributed by atoms with Crippen LogP contribution in [-0.4, -0.2) is 14.2 Å². The molecule has 5 aromatic rings. The smallest absolute Gasteiger partial charge is 0.161 e. The van der Waals surface area contributed by atoms with Gasteiger partial charge in [-0.3, -0.25) is 0 Å². The van der Waals surface area contributed by atoms with E-state index < -0.39 is 0 Å². The van der Waals surface area contributed by atoms with Crippen LogP contribution in [-0.2, 0) is 0 Å². The van der Waals surface area contributed by atoms with Gasteiger partial charge in [0.2, 0.25) is 0 Å². The molecule has 31 heavy (non-hydrogen) atoms. The van der Waals surface area contributed by atoms with Crippen molar-refractivity contribution in [1.82, 2.24) is 0 Å². The first-order chi connectivity index (χ1) is 15.3. The van der Waals surface area contributed by atoms with Gasteiger partial charge in [-0.05, 0) is 41.8 Å². The third kappa shape index (κ3) is 3.53. The Kier molecular flexibility index (Phi) is 4.89. The Morgan fingerprint density at radius 2 is 1.42 bits per heavy atom. The van der Waals surface area contributed by atoms with Crippen LogP contribution in [0.1, 0.15) is 0 Å². The Balaban J connectivity index is 1.77. The lowest BCUT2D eigenvalue weighted by Gasteiger charge is -2.10. The standard InChI is InChI=1S/C27H21NO3/c1-29-25-15-14-19(16-27(25)30-2)26-17-23(21-11-5-6-13-24(21)31-26)28-22-12-7-9-18-8-3-4-10-20(18)22/h3-17H,1-2H3. The molecule has 0 spiro atoms. The minimum Gasteiger partial charge on any atom is -0.493 e. The van der Waals surface area contributed by atoms with Gasteiger partial charge in [-0.15, -0.1) is 0 Å². The average molecular weight is 407 g/mol. The summed E-state index contributed by atoms with van der Waals surface area (Å²) in [5, 5.41) is 4.08. The van der Waals surface area contributed by atoms with E-state index in [-0.39, 0.29) is 0 Å². The zero-order valence-electron chi connectivity index (χ0n) is 17.3. The van der Waals surface area contributed by atoms with E-state index in [1.807, 2.05) is 72.8 Å². The number of ether oxygens (including phenoxy) is 2. The molecule has 0 aliphatic heterocycles. The summed E-state index contributed by atoms with van der Waals surface area (Å²) in [6.07, 6.45) is 0. The summed E-state index contributed by atoms with van der Waals surface area (Å²) in [7, 11) is 3.25. The average Bonchev–Trinajstić information content (AvgIpc) is 2.83. The predicted molar refractivity (Wildman–Crippen MR) is 124 cm³/mol. The van der Waals surface area contributed by atoms with Crippen molar-refractivity contribution in [3.8, 4) is 22.8 Å². The van der Waals surface area contributed by atoms with Gasteiger partial charge in [-0.25, -0.2) is 4.99 Å². The number of methoxy groups -OCH3 is 2. The molecule has 0 amide bonds. The Bertz CT molecular complexity index is 1460. The van der Waals surface area contributed by atoms with Gasteiger partial charge in [0.15, 0.2) is 11.5 Å². The van der Waals surface area contributed by atoms with Crippen LogP contribution >= 0.6 is 0 Å². The molecule has 152 valence electrons. The van der Waals surface area contributed by atoms with Crippen molar-refractivity contribution in [2.45, 2.75) is 0 Å². The van der Waals surface area contributed by atoms with Gasteiger partial charge < -0.3 is 13.9 Å². The maximum Gasteiger partial charge on any atom is 0.161 e. The molecule has 0 aliphatic rings. The fraction of sp³-hybridized carbons (Fsp3) is 0.0741. The largest absolute Gasteiger partial charge is 0.493 e. The zero-order chi connectivity index (χ0) is 21.2. The highest BCUT2D eigenvalue weighted by Crippen LogP contribution is 2.33. The minimum atomic E-state index is 0.649. The number of hydrogen-bond donors (Lipinski definition) is 0. The highest BCUT2D eigenvalue weighted by atomic mass is 16.5. The molecule has 5 rings (SSSR count). The second-order valence-electron chi connectivity index (χ2n) is 7.17. The highest BCUT2D eigenvalue weighted by molar-refractivity contribution is 5.92. The first-order valence-corrected chi connectivity index (χ1v) is 10.0. The van der Waals surface area contributed by atoms with Crippen LogP contribution in [0.5, 0.6) is 11.5 Å². The highest BCUT2D eigenvalue weighted by Gasteiger charge is 2.10. The van der Waals surface area contributed by atoms with Crippen LogP contribution in [0, 0.1) is 0 Å². The van der Waals surface area contributed by atoms with Crippen LogP contribution in [0.3, 0.4) is 0 Å². The molecule has 0 atom stereocenters. The number of rotatable bonds is 4. The molecule has 0 N–H and O–H groups in total. The fourth-order valence-corrected chi connectivity index (χ4v) is 3.78. The summed E-state index contributed by atoms with van der Waals surface area (Å²) in [6.45, 7) is 0. The number of benzene rings is 4. The van der Waals surface area contributed by atoms with Crippen molar-refractivity contribution in [2.24, 2.45) is 4.99 Å². The van der Waals surface area contributed by atoms with E-state index >= 15 is 0 Å². The van der Waals surface area contributed by atoms with Crippen molar-refractivity contribution < 1.29 is 13.9 Å². The van der Waals surface area contributed by atoms with E-state index in [4.69, 9.17) is 18.9 Å². The second kappa shape index (κ2) is 8.00. The Morgan fingerprint density at radius 3 is 2.26 bits per heavy atom. The molecule has 1 heterocycles. The number of para-hydroxylation sites is 1. The van der Waals surface area contributed by atoms with E-state index in [1.165, 1.54) is 0 Å². The van der Waals surface area contributed by atoms with E-state index in [1.54, 1.807) is 14.2 Å². The molecule has 0 bridgehead atoms. The third-order valence-electron chi connectivity index (χ3n) is 5.33. The van der Waals surface area contributed by atoms with E-state index in [9.17, 15) is 0 Å². The van der Waals surface area contributed by atoms with Gasteiger partial charge in [0.25, 0.3) is 0 Å². The van der Waals surface area contributed by atoms with Crippen LogP contribution < -0.4 is 14.8 Å². The first-order valence-electron chi connectivity index (χ1n) is 10.0. The molecule has 0 aliphatic carbocycles. The first kappa shape index (κ1) is 18.9. The minimum absolute atomic E-state index is 0.649. The molecule has 4 heteroatoms. The van der Waals surface area contributed by atoms with Crippen LogP contribution in [0.15, 0.2) is 100 Å². The quantitative estimate of drug-likeness (QED) is 0.341. The molecule has 1 aromatic heterocycles. The van der Waals surface area contributed by atoms with Crippen molar-refractivity contribution in [1.29, 1.82) is 0 Å². The Hall–Kier alpha value is -4.05. The van der Waals surface area contributed by atoms with Crippen molar-refractivity contribution in [2.75, 3.05) is 14.2 Å². The fourth-order valence-electron chi connectivity index (χ4n) is 3.78. The summed E-state index contributed by atoms with van der Waals surface area (Å²) >= 11 is 0. The lowest BCUT2D eigenvalue weighted by molar-refractivity contribution is 0.355. The van der Waals surface area contributed by atoms with E-state index in [0.717, 1.165) is 38.3 Å². The molecule has 0 saturated carbocycles. The third-order valence-corrected chi connectivity index (χ3v) is 5.33. The molecule has 0 fully saturated rings. The van der Waals surface area contributed by atoms with Gasteiger partial charge in [-0.2, -0.15) is 0 Å². The number of nitrogens with zero attached hydrogens (tertiary/aromatic N) is 1. The van der Waals surface area contributed by atoms with Crippen LogP contribution in [0.2, 0.25) is 0 Å². The second-order valence-corrected chi connectivity index (χ2v) is 7.17. The van der Waals surface area contributed by atoms with Gasteiger partial charge in [-0.1, -0.05) is 48.5 Å². The van der Waals surface area contributed by atoms with Gasteiger partial charge >= 0.3 is 0 Å². The lowest BCUT2D eigenvalue weighted by Crippen LogP contribution is -2.03. The monoisotopic (exact) mass is 407 g/mol. The summed E-state index contributed by atoms with van der Waals surface area (Å²) in [4.78, 5) is 5.04. The predicted octanol–water partition coefficient (Wildman–Crippen LogP) is 6.50. The molecule has 0 saturated heterocycles. The maximum absolute atomic E-state index is 6.23. The molecule has 4 aromatic carbocycles. The summed E-state index contributed by atoms with van der Waals surface area (Å²) in [5.74, 6) is 2.03. The lowest BCUT2D eigenvalue weighted by atomic mass is 10.1. The van der Waals surface area contributed by atoms with Crippen LogP contribution in [0.25, 0.3) is 33.1 Å².